The van der Waals surface area contributed by atoms with Crippen molar-refractivity contribution in [3.63, 3.8) is 0 Å². The van der Waals surface area contributed by atoms with E-state index in [1.165, 1.54) is 0 Å². The number of hydrogen-bond donors (Lipinski definition) is 4. The lowest BCUT2D eigenvalue weighted by Crippen LogP contribution is -2.57. The number of alkyl halides is 3. The van der Waals surface area contributed by atoms with Crippen molar-refractivity contribution >= 4 is 40.7 Å². The van der Waals surface area contributed by atoms with E-state index in [9.17, 15) is 20.1 Å². The first kappa shape index (κ1) is 14.3. The number of halogens is 3. The number of carbonyl (C=O) groups excluding carboxylic acids is 1. The van der Waals surface area contributed by atoms with Gasteiger partial charge in [0.25, 0.3) is 9.70 Å². The number of rotatable bonds is 1. The molecule has 1 rings (SSSR count). The smallest absolute Gasteiger partial charge is 0.272 e. The van der Waals surface area contributed by atoms with Gasteiger partial charge in [-0.2, -0.15) is 0 Å². The maximum Gasteiger partial charge on any atom is 0.272 e. The molecule has 0 bridgehead atoms. The second-order valence-corrected chi connectivity index (χ2v) is 5.98. The average Bonchev–Trinajstić information content (AvgIpc) is 2.17. The second-order valence-electron chi connectivity index (χ2n) is 3.70. The maximum absolute atomic E-state index is 11.3. The van der Waals surface area contributed by atoms with Crippen molar-refractivity contribution in [2.75, 3.05) is 0 Å². The van der Waals surface area contributed by atoms with Crippen molar-refractivity contribution in [2.45, 2.75) is 41.0 Å². The minimum absolute atomic E-state index is 0.253. The number of amides is 1. The molecule has 0 aromatic rings. The molecule has 1 amide bonds. The van der Waals surface area contributed by atoms with Crippen LogP contribution in [0.2, 0.25) is 0 Å². The van der Waals surface area contributed by atoms with Gasteiger partial charge in [-0.25, -0.2) is 0 Å². The van der Waals surface area contributed by atoms with Gasteiger partial charge in [0.1, 0.15) is 12.2 Å². The van der Waals surface area contributed by atoms with E-state index in [4.69, 9.17) is 34.8 Å². The molecule has 0 aromatic carbocycles. The summed E-state index contributed by atoms with van der Waals surface area (Å²) in [5, 5.41) is 30.5. The van der Waals surface area contributed by atoms with Gasteiger partial charge in [0.2, 0.25) is 0 Å². The molecule has 94 valence electrons. The zero-order valence-corrected chi connectivity index (χ0v) is 10.4. The van der Waals surface area contributed by atoms with Crippen LogP contribution >= 0.6 is 34.8 Å². The molecule has 1 fully saturated rings. The van der Waals surface area contributed by atoms with Crippen LogP contribution in [0.5, 0.6) is 0 Å². The lowest BCUT2D eigenvalue weighted by Gasteiger charge is -2.35. The van der Waals surface area contributed by atoms with Crippen LogP contribution in [-0.2, 0) is 4.79 Å². The third-order valence-corrected chi connectivity index (χ3v) is 3.02. The van der Waals surface area contributed by atoms with Gasteiger partial charge in [-0.1, -0.05) is 34.8 Å². The minimum atomic E-state index is -2.11. The van der Waals surface area contributed by atoms with Crippen LogP contribution < -0.4 is 5.32 Å². The van der Waals surface area contributed by atoms with Crippen molar-refractivity contribution in [3.8, 4) is 0 Å². The number of hydrogen-bond acceptors (Lipinski definition) is 4. The molecule has 8 heteroatoms. The number of nitrogens with one attached hydrogen (secondary N) is 1. The first-order valence-corrected chi connectivity index (χ1v) is 5.78. The Bertz CT molecular complexity index is 270. The summed E-state index contributed by atoms with van der Waals surface area (Å²) >= 11 is 16.0. The Labute approximate surface area is 107 Å². The van der Waals surface area contributed by atoms with Crippen molar-refractivity contribution < 1.29 is 20.1 Å². The van der Waals surface area contributed by atoms with Gasteiger partial charge in [-0.3, -0.25) is 4.79 Å². The summed E-state index contributed by atoms with van der Waals surface area (Å²) in [5.74, 6) is -0.870. The Morgan fingerprint density at radius 1 is 1.12 bits per heavy atom. The second kappa shape index (κ2) is 5.25. The molecule has 1 aliphatic carbocycles. The number of carbonyl (C=O) groups is 1. The van der Waals surface area contributed by atoms with Gasteiger partial charge < -0.3 is 20.6 Å². The van der Waals surface area contributed by atoms with Crippen LogP contribution in [0, 0.1) is 0 Å². The standard InChI is InChI=1S/C8H12Cl3NO4/c9-8(10,11)7(16)12-3-1-2-4(13)6(15)5(3)14/h3-6,13-15H,1-2H2,(H,12,16)/t3-,4+,5-,6+/m0/s1. The molecular weight excluding hydrogens is 280 g/mol. The van der Waals surface area contributed by atoms with Gasteiger partial charge in [-0.05, 0) is 12.8 Å². The molecule has 0 aromatic heterocycles. The van der Waals surface area contributed by atoms with Gasteiger partial charge in [0.05, 0.1) is 12.1 Å². The SMILES string of the molecule is O=C(N[C@H]1CC[C@@H](O)[C@@H](O)[C@H]1O)C(Cl)(Cl)Cl. The molecule has 0 aliphatic heterocycles. The van der Waals surface area contributed by atoms with Crippen molar-refractivity contribution in [3.05, 3.63) is 0 Å². The zero-order valence-electron chi connectivity index (χ0n) is 8.11. The Morgan fingerprint density at radius 3 is 2.19 bits per heavy atom. The summed E-state index contributed by atoms with van der Waals surface area (Å²) in [6, 6.07) is -0.735. The van der Waals surface area contributed by atoms with Gasteiger partial charge in [-0.15, -0.1) is 0 Å². The predicted octanol–water partition coefficient (Wildman–Crippen LogP) is -0.282. The zero-order chi connectivity index (χ0) is 12.5. The fourth-order valence-corrected chi connectivity index (χ4v) is 1.73. The highest BCUT2D eigenvalue weighted by Crippen LogP contribution is 2.27. The normalized spacial score (nSPS) is 35.9. The average molecular weight is 293 g/mol. The summed E-state index contributed by atoms with van der Waals surface area (Å²) in [4.78, 5) is 11.3. The van der Waals surface area contributed by atoms with Crippen LogP contribution in [0.25, 0.3) is 0 Å². The predicted molar refractivity (Wildman–Crippen MR) is 59.5 cm³/mol. The summed E-state index contributed by atoms with van der Waals surface area (Å²) in [6.07, 6.45) is -3.04. The summed E-state index contributed by atoms with van der Waals surface area (Å²) < 4.78 is -2.11. The molecule has 0 saturated heterocycles. The van der Waals surface area contributed by atoms with E-state index < -0.39 is 34.1 Å². The molecule has 0 spiro atoms. The maximum atomic E-state index is 11.3. The first-order valence-electron chi connectivity index (χ1n) is 4.65. The van der Waals surface area contributed by atoms with E-state index >= 15 is 0 Å². The van der Waals surface area contributed by atoms with Gasteiger partial charge in [0, 0.05) is 0 Å². The Kier molecular flexibility index (Phi) is 4.68. The minimum Gasteiger partial charge on any atom is -0.390 e. The molecule has 0 unspecified atom stereocenters. The topological polar surface area (TPSA) is 89.8 Å². The van der Waals surface area contributed by atoms with Crippen LogP contribution in [-0.4, -0.2) is 49.4 Å². The number of aliphatic hydroxyl groups is 3. The summed E-state index contributed by atoms with van der Waals surface area (Å²) in [7, 11) is 0. The highest BCUT2D eigenvalue weighted by atomic mass is 35.6. The van der Waals surface area contributed by atoms with Gasteiger partial charge >= 0.3 is 0 Å². The Morgan fingerprint density at radius 2 is 1.69 bits per heavy atom. The van der Waals surface area contributed by atoms with Crippen LogP contribution in [0.15, 0.2) is 0 Å². The lowest BCUT2D eigenvalue weighted by molar-refractivity contribution is -0.127. The molecule has 4 atom stereocenters. The number of aliphatic hydroxyl groups excluding tert-OH is 3. The summed E-state index contributed by atoms with van der Waals surface area (Å²) in [6.45, 7) is 0. The quantitative estimate of drug-likeness (QED) is 0.500. The summed E-state index contributed by atoms with van der Waals surface area (Å²) in [5.41, 5.74) is 0. The van der Waals surface area contributed by atoms with Crippen LogP contribution in [0.3, 0.4) is 0 Å². The molecule has 5 nitrogen and oxygen atoms in total. The van der Waals surface area contributed by atoms with E-state index in [1.54, 1.807) is 0 Å². The van der Waals surface area contributed by atoms with Crippen molar-refractivity contribution in [1.82, 2.24) is 5.32 Å². The van der Waals surface area contributed by atoms with Crippen LogP contribution in [0.4, 0.5) is 0 Å². The lowest BCUT2D eigenvalue weighted by atomic mass is 9.88. The van der Waals surface area contributed by atoms with Crippen LogP contribution in [0.1, 0.15) is 12.8 Å². The van der Waals surface area contributed by atoms with E-state index in [2.05, 4.69) is 5.32 Å². The molecule has 16 heavy (non-hydrogen) atoms. The molecule has 1 aliphatic rings. The highest BCUT2D eigenvalue weighted by Gasteiger charge is 2.40. The fourth-order valence-electron chi connectivity index (χ4n) is 1.57. The Balaban J connectivity index is 2.59. The van der Waals surface area contributed by atoms with Crippen molar-refractivity contribution in [2.24, 2.45) is 0 Å². The molecule has 0 heterocycles. The highest BCUT2D eigenvalue weighted by molar-refractivity contribution is 6.76. The first-order chi connectivity index (χ1) is 7.23. The van der Waals surface area contributed by atoms with Crippen molar-refractivity contribution in [1.29, 1.82) is 0 Å². The molecular formula is C8H12Cl3NO4. The molecule has 4 N–H and O–H groups in total. The fraction of sp³-hybridized carbons (Fsp3) is 0.875. The van der Waals surface area contributed by atoms with E-state index in [1.807, 2.05) is 0 Å². The van der Waals surface area contributed by atoms with E-state index in [-0.39, 0.29) is 6.42 Å². The monoisotopic (exact) mass is 291 g/mol. The van der Waals surface area contributed by atoms with E-state index in [0.29, 0.717) is 6.42 Å². The largest absolute Gasteiger partial charge is 0.390 e. The van der Waals surface area contributed by atoms with E-state index in [0.717, 1.165) is 0 Å². The Hall–Kier alpha value is 0.220. The third kappa shape index (κ3) is 3.35. The molecule has 0 radical (unpaired) electrons. The third-order valence-electron chi connectivity index (χ3n) is 2.50. The molecule has 1 saturated carbocycles. The van der Waals surface area contributed by atoms with Gasteiger partial charge in [0.15, 0.2) is 0 Å².